The molecule has 1 N–H and O–H groups in total. The zero-order valence-electron chi connectivity index (χ0n) is 8.78. The molecule has 1 aromatic rings. The molecule has 0 radical (unpaired) electrons. The van der Waals surface area contributed by atoms with Crippen LogP contribution in [0.1, 0.15) is 30.5 Å². The van der Waals surface area contributed by atoms with Crippen LogP contribution in [0.3, 0.4) is 0 Å². The summed E-state index contributed by atoms with van der Waals surface area (Å²) < 4.78 is 14.1. The van der Waals surface area contributed by atoms with E-state index in [0.717, 1.165) is 11.1 Å². The molecule has 0 aliphatic rings. The second-order valence-electron chi connectivity index (χ2n) is 4.05. The van der Waals surface area contributed by atoms with Crippen molar-refractivity contribution in [1.82, 2.24) is 0 Å². The number of benzene rings is 1. The number of halogens is 2. The molecule has 0 bridgehead atoms. The van der Waals surface area contributed by atoms with Gasteiger partial charge in [0.15, 0.2) is 0 Å². The standard InChI is InChI=1S/C11H14BrFO/c1-6-5-8(12)10(13)9(7(6)2)11(3,4)14/h5,14H,1-4H3. The molecule has 0 atom stereocenters. The number of aryl methyl sites for hydroxylation is 1. The summed E-state index contributed by atoms with van der Waals surface area (Å²) in [6.45, 7) is 6.89. The molecule has 0 aliphatic carbocycles. The Kier molecular flexibility index (Phi) is 3.02. The summed E-state index contributed by atoms with van der Waals surface area (Å²) in [6.07, 6.45) is 0. The van der Waals surface area contributed by atoms with Crippen molar-refractivity contribution in [2.24, 2.45) is 0 Å². The molecular weight excluding hydrogens is 247 g/mol. The molecular formula is C11H14BrFO. The van der Waals surface area contributed by atoms with Crippen LogP contribution in [0.25, 0.3) is 0 Å². The summed E-state index contributed by atoms with van der Waals surface area (Å²) in [4.78, 5) is 0. The smallest absolute Gasteiger partial charge is 0.143 e. The first-order valence-electron chi connectivity index (χ1n) is 4.43. The van der Waals surface area contributed by atoms with Gasteiger partial charge in [0.1, 0.15) is 5.82 Å². The van der Waals surface area contributed by atoms with Crippen molar-refractivity contribution >= 4 is 15.9 Å². The maximum absolute atomic E-state index is 13.7. The van der Waals surface area contributed by atoms with E-state index in [1.165, 1.54) is 0 Å². The van der Waals surface area contributed by atoms with Gasteiger partial charge in [-0.3, -0.25) is 0 Å². The van der Waals surface area contributed by atoms with E-state index in [2.05, 4.69) is 15.9 Å². The fourth-order valence-electron chi connectivity index (χ4n) is 1.57. The van der Waals surface area contributed by atoms with Crippen molar-refractivity contribution in [1.29, 1.82) is 0 Å². The van der Waals surface area contributed by atoms with E-state index in [4.69, 9.17) is 0 Å². The van der Waals surface area contributed by atoms with Gasteiger partial charge in [0.05, 0.1) is 10.1 Å². The summed E-state index contributed by atoms with van der Waals surface area (Å²) in [5, 5.41) is 9.84. The van der Waals surface area contributed by atoms with Crippen LogP contribution in [0, 0.1) is 19.7 Å². The van der Waals surface area contributed by atoms with E-state index in [1.807, 2.05) is 13.8 Å². The van der Waals surface area contributed by atoms with Gasteiger partial charge in [0.25, 0.3) is 0 Å². The molecule has 0 amide bonds. The van der Waals surface area contributed by atoms with Gasteiger partial charge in [-0.1, -0.05) is 0 Å². The van der Waals surface area contributed by atoms with Crippen molar-refractivity contribution in [2.75, 3.05) is 0 Å². The Bertz CT molecular complexity index is 340. The fourth-order valence-corrected chi connectivity index (χ4v) is 2.11. The van der Waals surface area contributed by atoms with Crippen molar-refractivity contribution in [3.05, 3.63) is 33.0 Å². The van der Waals surface area contributed by atoms with E-state index in [-0.39, 0.29) is 5.82 Å². The number of aliphatic hydroxyl groups is 1. The summed E-state index contributed by atoms with van der Waals surface area (Å²) >= 11 is 3.14. The number of hydrogen-bond acceptors (Lipinski definition) is 1. The maximum atomic E-state index is 13.7. The lowest BCUT2D eigenvalue weighted by Crippen LogP contribution is -2.20. The SMILES string of the molecule is Cc1cc(Br)c(F)c(C(C)(C)O)c1C. The monoisotopic (exact) mass is 260 g/mol. The molecule has 0 spiro atoms. The average molecular weight is 261 g/mol. The molecule has 1 nitrogen and oxygen atoms in total. The fraction of sp³-hybridized carbons (Fsp3) is 0.455. The van der Waals surface area contributed by atoms with Crippen LogP contribution in [0.4, 0.5) is 4.39 Å². The van der Waals surface area contributed by atoms with Crippen LogP contribution in [0.2, 0.25) is 0 Å². The Morgan fingerprint density at radius 3 is 2.29 bits per heavy atom. The maximum Gasteiger partial charge on any atom is 0.143 e. The first-order chi connectivity index (χ1) is 6.25. The molecule has 0 heterocycles. The minimum atomic E-state index is -1.15. The summed E-state index contributed by atoms with van der Waals surface area (Å²) in [7, 11) is 0. The van der Waals surface area contributed by atoms with Gasteiger partial charge < -0.3 is 5.11 Å². The van der Waals surface area contributed by atoms with Gasteiger partial charge >= 0.3 is 0 Å². The summed E-state index contributed by atoms with van der Waals surface area (Å²) in [6, 6.07) is 1.72. The van der Waals surface area contributed by atoms with Gasteiger partial charge in [-0.15, -0.1) is 0 Å². The Labute approximate surface area is 92.1 Å². The third kappa shape index (κ3) is 1.98. The first kappa shape index (κ1) is 11.7. The van der Waals surface area contributed by atoms with E-state index < -0.39 is 5.60 Å². The molecule has 0 saturated heterocycles. The van der Waals surface area contributed by atoms with Crippen LogP contribution in [0.15, 0.2) is 10.5 Å². The van der Waals surface area contributed by atoms with E-state index in [1.54, 1.807) is 19.9 Å². The van der Waals surface area contributed by atoms with E-state index in [0.29, 0.717) is 10.0 Å². The third-order valence-corrected chi connectivity index (χ3v) is 2.93. The summed E-state index contributed by atoms with van der Waals surface area (Å²) in [5.41, 5.74) is 0.987. The summed E-state index contributed by atoms with van der Waals surface area (Å²) in [5.74, 6) is -0.374. The lowest BCUT2D eigenvalue weighted by atomic mass is 9.91. The zero-order valence-corrected chi connectivity index (χ0v) is 10.4. The van der Waals surface area contributed by atoms with Crippen LogP contribution in [0.5, 0.6) is 0 Å². The number of hydrogen-bond donors (Lipinski definition) is 1. The molecule has 0 fully saturated rings. The first-order valence-corrected chi connectivity index (χ1v) is 5.22. The minimum absolute atomic E-state index is 0.365. The highest BCUT2D eigenvalue weighted by atomic mass is 79.9. The molecule has 0 aliphatic heterocycles. The lowest BCUT2D eigenvalue weighted by Gasteiger charge is -2.23. The Morgan fingerprint density at radius 1 is 1.36 bits per heavy atom. The Balaban J connectivity index is 3.56. The third-order valence-electron chi connectivity index (χ3n) is 2.35. The van der Waals surface area contributed by atoms with Crippen LogP contribution >= 0.6 is 15.9 Å². The van der Waals surface area contributed by atoms with E-state index >= 15 is 0 Å². The predicted octanol–water partition coefficient (Wildman–Crippen LogP) is 3.43. The lowest BCUT2D eigenvalue weighted by molar-refractivity contribution is 0.0736. The Morgan fingerprint density at radius 2 is 1.86 bits per heavy atom. The van der Waals surface area contributed by atoms with Gasteiger partial charge in [-0.25, -0.2) is 4.39 Å². The number of rotatable bonds is 1. The second-order valence-corrected chi connectivity index (χ2v) is 4.90. The van der Waals surface area contributed by atoms with Gasteiger partial charge in [0, 0.05) is 5.56 Å². The highest BCUT2D eigenvalue weighted by molar-refractivity contribution is 9.10. The molecule has 1 rings (SSSR count). The van der Waals surface area contributed by atoms with Crippen LogP contribution in [-0.4, -0.2) is 5.11 Å². The normalized spacial score (nSPS) is 11.9. The van der Waals surface area contributed by atoms with Crippen molar-refractivity contribution in [3.8, 4) is 0 Å². The topological polar surface area (TPSA) is 20.2 Å². The van der Waals surface area contributed by atoms with Crippen molar-refractivity contribution in [2.45, 2.75) is 33.3 Å². The molecule has 1 aromatic carbocycles. The van der Waals surface area contributed by atoms with Crippen LogP contribution in [-0.2, 0) is 5.60 Å². The molecule has 0 aromatic heterocycles. The second kappa shape index (κ2) is 3.63. The highest BCUT2D eigenvalue weighted by Gasteiger charge is 2.25. The van der Waals surface area contributed by atoms with Crippen molar-refractivity contribution in [3.63, 3.8) is 0 Å². The van der Waals surface area contributed by atoms with Crippen LogP contribution < -0.4 is 0 Å². The quantitative estimate of drug-likeness (QED) is 0.821. The largest absolute Gasteiger partial charge is 0.386 e. The average Bonchev–Trinajstić information content (AvgIpc) is 1.98. The predicted molar refractivity (Wildman–Crippen MR) is 58.8 cm³/mol. The minimum Gasteiger partial charge on any atom is -0.386 e. The Hall–Kier alpha value is -0.410. The van der Waals surface area contributed by atoms with Gasteiger partial charge in [-0.05, 0) is 60.8 Å². The molecule has 0 saturated carbocycles. The molecule has 14 heavy (non-hydrogen) atoms. The van der Waals surface area contributed by atoms with Crippen molar-refractivity contribution < 1.29 is 9.50 Å². The molecule has 3 heteroatoms. The molecule has 78 valence electrons. The highest BCUT2D eigenvalue weighted by Crippen LogP contribution is 2.32. The molecule has 0 unspecified atom stereocenters. The van der Waals surface area contributed by atoms with Gasteiger partial charge in [0.2, 0.25) is 0 Å². The zero-order chi connectivity index (χ0) is 11.1. The van der Waals surface area contributed by atoms with Gasteiger partial charge in [-0.2, -0.15) is 0 Å². The van der Waals surface area contributed by atoms with E-state index in [9.17, 15) is 9.50 Å².